The van der Waals surface area contributed by atoms with E-state index in [1.165, 1.54) is 0 Å². The summed E-state index contributed by atoms with van der Waals surface area (Å²) in [6.07, 6.45) is 0.929. The first-order chi connectivity index (χ1) is 8.33. The molecule has 5 heteroatoms. The zero-order valence-electron chi connectivity index (χ0n) is 9.71. The molecule has 0 atom stereocenters. The van der Waals surface area contributed by atoms with E-state index in [0.717, 1.165) is 5.56 Å². The predicted molar refractivity (Wildman–Crippen MR) is 66.5 cm³/mol. The van der Waals surface area contributed by atoms with Crippen molar-refractivity contribution >= 4 is 5.91 Å². The van der Waals surface area contributed by atoms with Gasteiger partial charge in [0, 0.05) is 11.3 Å². The van der Waals surface area contributed by atoms with E-state index in [2.05, 4.69) is 10.0 Å². The van der Waals surface area contributed by atoms with Gasteiger partial charge in [-0.1, -0.05) is 0 Å². The summed E-state index contributed by atoms with van der Waals surface area (Å²) < 4.78 is 0. The molecular formula is C13H13FeN3O. The van der Waals surface area contributed by atoms with Gasteiger partial charge in [-0.05, 0) is 17.1 Å². The third-order valence-corrected chi connectivity index (χ3v) is 2.07. The van der Waals surface area contributed by atoms with Gasteiger partial charge < -0.3 is 0 Å². The maximum absolute atomic E-state index is 10.7. The van der Waals surface area contributed by atoms with Gasteiger partial charge in [0.2, 0.25) is 5.91 Å². The van der Waals surface area contributed by atoms with E-state index < -0.39 is 5.91 Å². The molecule has 0 saturated heterocycles. The van der Waals surface area contributed by atoms with Gasteiger partial charge in [0.1, 0.15) is 0 Å². The van der Waals surface area contributed by atoms with Crippen molar-refractivity contribution in [1.82, 2.24) is 0 Å². The normalized spacial score (nSPS) is 8.22. The fourth-order valence-electron chi connectivity index (χ4n) is 1.25. The zero-order chi connectivity index (χ0) is 12.3. The SMILES string of the molecule is [Fe+2].[N-]=[N+]=NC(=O)CCc1ccc[cH-]1.c1cc[cH-]c1. The van der Waals surface area contributed by atoms with Crippen LogP contribution in [-0.4, -0.2) is 5.91 Å². The Morgan fingerprint density at radius 2 is 2.00 bits per heavy atom. The van der Waals surface area contributed by atoms with Gasteiger partial charge in [0.15, 0.2) is 0 Å². The van der Waals surface area contributed by atoms with Crippen LogP contribution < -0.4 is 0 Å². The summed E-state index contributed by atoms with van der Waals surface area (Å²) >= 11 is 0. The summed E-state index contributed by atoms with van der Waals surface area (Å²) in [5.41, 5.74) is 9.03. The summed E-state index contributed by atoms with van der Waals surface area (Å²) in [7, 11) is 0. The summed E-state index contributed by atoms with van der Waals surface area (Å²) in [6, 6.07) is 17.7. The maximum Gasteiger partial charge on any atom is 2.00 e. The van der Waals surface area contributed by atoms with E-state index in [4.69, 9.17) is 5.53 Å². The molecule has 0 aromatic heterocycles. The van der Waals surface area contributed by atoms with Crippen molar-refractivity contribution < 1.29 is 21.9 Å². The number of azide groups is 1. The molecule has 4 nitrogen and oxygen atoms in total. The minimum atomic E-state index is -0.404. The molecule has 0 radical (unpaired) electrons. The molecule has 2 aromatic carbocycles. The van der Waals surface area contributed by atoms with E-state index in [1.54, 1.807) is 0 Å². The van der Waals surface area contributed by atoms with E-state index in [1.807, 2.05) is 54.6 Å². The molecule has 0 N–H and O–H groups in total. The fourth-order valence-corrected chi connectivity index (χ4v) is 1.25. The minimum Gasteiger partial charge on any atom is -0.293 e. The van der Waals surface area contributed by atoms with Gasteiger partial charge in [-0.2, -0.15) is 35.9 Å². The largest absolute Gasteiger partial charge is 2.00 e. The van der Waals surface area contributed by atoms with Crippen LogP contribution in [0.2, 0.25) is 0 Å². The Balaban J connectivity index is 0.000000405. The smallest absolute Gasteiger partial charge is 0.293 e. The van der Waals surface area contributed by atoms with Crippen LogP contribution in [0, 0.1) is 0 Å². The van der Waals surface area contributed by atoms with Crippen molar-refractivity contribution in [2.45, 2.75) is 12.8 Å². The van der Waals surface area contributed by atoms with Crippen molar-refractivity contribution in [3.8, 4) is 0 Å². The number of nitrogens with zero attached hydrogens (tertiary/aromatic N) is 3. The molecule has 2 aromatic rings. The van der Waals surface area contributed by atoms with E-state index in [9.17, 15) is 4.79 Å². The first-order valence-electron chi connectivity index (χ1n) is 5.28. The predicted octanol–water partition coefficient (Wildman–Crippen LogP) is 3.58. The number of carbonyl (C=O) groups is 1. The minimum absolute atomic E-state index is 0. The molecule has 0 fully saturated rings. The number of amides is 1. The molecule has 0 saturated carbocycles. The van der Waals surface area contributed by atoms with Crippen LogP contribution >= 0.6 is 0 Å². The van der Waals surface area contributed by atoms with Crippen molar-refractivity contribution in [3.63, 3.8) is 0 Å². The van der Waals surface area contributed by atoms with Crippen LogP contribution in [0.4, 0.5) is 0 Å². The van der Waals surface area contributed by atoms with Gasteiger partial charge in [-0.3, -0.25) is 4.79 Å². The summed E-state index contributed by atoms with van der Waals surface area (Å²) in [4.78, 5) is 13.1. The Kier molecular flexibility index (Phi) is 9.32. The second kappa shape index (κ2) is 10.4. The Morgan fingerprint density at radius 3 is 2.44 bits per heavy atom. The number of rotatable bonds is 3. The van der Waals surface area contributed by atoms with Crippen molar-refractivity contribution in [2.75, 3.05) is 0 Å². The summed E-state index contributed by atoms with van der Waals surface area (Å²) in [6.45, 7) is 0. The summed E-state index contributed by atoms with van der Waals surface area (Å²) in [5.74, 6) is -0.404. The third-order valence-electron chi connectivity index (χ3n) is 2.07. The van der Waals surface area contributed by atoms with Crippen LogP contribution in [-0.2, 0) is 28.3 Å². The van der Waals surface area contributed by atoms with Crippen LogP contribution in [0.15, 0.2) is 59.7 Å². The fraction of sp³-hybridized carbons (Fsp3) is 0.154. The first-order valence-corrected chi connectivity index (χ1v) is 5.28. The van der Waals surface area contributed by atoms with Crippen molar-refractivity contribution in [3.05, 3.63) is 70.6 Å². The molecule has 0 unspecified atom stereocenters. The van der Waals surface area contributed by atoms with E-state index >= 15 is 0 Å². The molecule has 2 rings (SSSR count). The van der Waals surface area contributed by atoms with Crippen LogP contribution in [0.25, 0.3) is 10.4 Å². The molecule has 94 valence electrons. The van der Waals surface area contributed by atoms with E-state index in [0.29, 0.717) is 6.42 Å². The molecular weight excluding hydrogens is 270 g/mol. The average Bonchev–Trinajstić information content (AvgIpc) is 3.03. The molecule has 18 heavy (non-hydrogen) atoms. The van der Waals surface area contributed by atoms with Gasteiger partial charge >= 0.3 is 17.1 Å². The molecule has 0 aliphatic carbocycles. The molecule has 0 aliphatic heterocycles. The Labute approximate surface area is 116 Å². The Hall–Kier alpha value is -1.80. The van der Waals surface area contributed by atoms with Crippen molar-refractivity contribution in [2.24, 2.45) is 5.11 Å². The molecule has 0 aliphatic rings. The monoisotopic (exact) mass is 283 g/mol. The number of hydrogen-bond acceptors (Lipinski definition) is 1. The second-order valence-electron chi connectivity index (χ2n) is 3.34. The second-order valence-corrected chi connectivity index (χ2v) is 3.34. The average molecular weight is 283 g/mol. The number of aryl methyl sites for hydroxylation is 1. The molecule has 0 spiro atoms. The topological polar surface area (TPSA) is 65.8 Å². The Bertz CT molecular complexity index is 439. The van der Waals surface area contributed by atoms with Crippen LogP contribution in [0.1, 0.15) is 12.0 Å². The summed E-state index contributed by atoms with van der Waals surface area (Å²) in [5, 5.41) is 2.97. The van der Waals surface area contributed by atoms with Gasteiger partial charge in [0.05, 0.1) is 0 Å². The number of carbonyl (C=O) groups excluding carboxylic acids is 1. The number of hydrogen-bond donors (Lipinski definition) is 0. The zero-order valence-corrected chi connectivity index (χ0v) is 10.8. The Morgan fingerprint density at radius 1 is 1.28 bits per heavy atom. The van der Waals surface area contributed by atoms with E-state index in [-0.39, 0.29) is 23.5 Å². The first kappa shape index (κ1) is 16.2. The van der Waals surface area contributed by atoms with Gasteiger partial charge in [-0.25, -0.2) is 24.3 Å². The third kappa shape index (κ3) is 7.47. The molecule has 0 heterocycles. The quantitative estimate of drug-likeness (QED) is 0.279. The van der Waals surface area contributed by atoms with Gasteiger partial charge in [-0.15, -0.1) is 0 Å². The molecule has 1 amide bonds. The standard InChI is InChI=1S/C8H8N3O.C5H5.Fe/c9-11-10-8(12)6-5-7-3-1-2-4-7;1-2-4-5-3-1;/h1-4H,5-6H2;1-5H;/q2*-1;+2. The van der Waals surface area contributed by atoms with Gasteiger partial charge in [0.25, 0.3) is 0 Å². The van der Waals surface area contributed by atoms with Crippen molar-refractivity contribution in [1.29, 1.82) is 0 Å². The van der Waals surface area contributed by atoms with Crippen LogP contribution in [0.5, 0.6) is 0 Å². The maximum atomic E-state index is 10.7. The van der Waals surface area contributed by atoms with Crippen LogP contribution in [0.3, 0.4) is 0 Å². The molecule has 0 bridgehead atoms.